The predicted octanol–water partition coefficient (Wildman–Crippen LogP) is 5.34. The maximum absolute atomic E-state index is 13.5. The third-order valence-corrected chi connectivity index (χ3v) is 4.93. The number of carbonyl (C=O) groups is 1. The average molecular weight is 430 g/mol. The summed E-state index contributed by atoms with van der Waals surface area (Å²) < 4.78 is 20.5. The van der Waals surface area contributed by atoms with Gasteiger partial charge in [0.2, 0.25) is 5.82 Å². The Morgan fingerprint density at radius 3 is 2.44 bits per heavy atom. The molecular weight excluding hydrogens is 407 g/mol. The number of amides is 1. The number of aryl methyl sites for hydroxylation is 2. The number of carbonyl (C=O) groups excluding carboxylic acids is 1. The van der Waals surface area contributed by atoms with E-state index < -0.39 is 5.91 Å². The minimum Gasteiger partial charge on any atom is -0.494 e. The van der Waals surface area contributed by atoms with Crippen LogP contribution in [0.2, 0.25) is 0 Å². The molecule has 0 spiro atoms. The number of benzene rings is 3. The van der Waals surface area contributed by atoms with Gasteiger partial charge >= 0.3 is 0 Å². The Hall–Kier alpha value is -4.00. The summed E-state index contributed by atoms with van der Waals surface area (Å²) in [4.78, 5) is 17.4. The highest BCUT2D eigenvalue weighted by molar-refractivity contribution is 6.01. The molecule has 0 radical (unpaired) electrons. The van der Waals surface area contributed by atoms with E-state index in [1.54, 1.807) is 41.1 Å². The van der Waals surface area contributed by atoms with Crippen LogP contribution in [-0.2, 0) is 0 Å². The molecule has 0 unspecified atom stereocenters. The molecule has 1 aromatic heterocycles. The van der Waals surface area contributed by atoms with Crippen LogP contribution in [0.3, 0.4) is 0 Å². The van der Waals surface area contributed by atoms with Crippen molar-refractivity contribution in [2.45, 2.75) is 20.8 Å². The predicted molar refractivity (Wildman–Crippen MR) is 122 cm³/mol. The molecular formula is C25H23FN4O2. The Labute approximate surface area is 185 Å². The maximum atomic E-state index is 13.5. The molecule has 0 atom stereocenters. The van der Waals surface area contributed by atoms with Crippen LogP contribution in [0.4, 0.5) is 10.1 Å². The van der Waals surface area contributed by atoms with E-state index in [0.717, 1.165) is 22.6 Å². The molecule has 0 saturated carbocycles. The second-order valence-electron chi connectivity index (χ2n) is 7.38. The molecule has 1 N–H and O–H groups in total. The Kier molecular flexibility index (Phi) is 5.98. The number of hydrogen-bond acceptors (Lipinski definition) is 4. The van der Waals surface area contributed by atoms with Gasteiger partial charge < -0.3 is 10.1 Å². The molecule has 1 heterocycles. The quantitative estimate of drug-likeness (QED) is 0.448. The van der Waals surface area contributed by atoms with E-state index >= 15 is 0 Å². The fourth-order valence-corrected chi connectivity index (χ4v) is 3.30. The first-order valence-electron chi connectivity index (χ1n) is 10.3. The normalized spacial score (nSPS) is 10.8. The lowest BCUT2D eigenvalue weighted by atomic mass is 10.1. The van der Waals surface area contributed by atoms with Gasteiger partial charge in [0.05, 0.1) is 12.3 Å². The zero-order valence-electron chi connectivity index (χ0n) is 18.1. The van der Waals surface area contributed by atoms with Crippen LogP contribution in [-0.4, -0.2) is 27.3 Å². The van der Waals surface area contributed by atoms with Crippen molar-refractivity contribution in [1.82, 2.24) is 14.8 Å². The second-order valence-corrected chi connectivity index (χ2v) is 7.38. The van der Waals surface area contributed by atoms with E-state index in [2.05, 4.69) is 15.4 Å². The largest absolute Gasteiger partial charge is 0.494 e. The first-order valence-corrected chi connectivity index (χ1v) is 10.3. The van der Waals surface area contributed by atoms with E-state index in [1.807, 2.05) is 39.0 Å². The highest BCUT2D eigenvalue weighted by atomic mass is 19.1. The lowest BCUT2D eigenvalue weighted by Gasteiger charge is -2.10. The van der Waals surface area contributed by atoms with Crippen molar-refractivity contribution >= 4 is 11.6 Å². The lowest BCUT2D eigenvalue weighted by molar-refractivity contribution is 0.101. The number of rotatable bonds is 6. The monoisotopic (exact) mass is 430 g/mol. The summed E-state index contributed by atoms with van der Waals surface area (Å²) in [5.74, 6) is 0.401. The van der Waals surface area contributed by atoms with Crippen LogP contribution in [0.25, 0.3) is 17.1 Å². The summed E-state index contributed by atoms with van der Waals surface area (Å²) in [6.45, 7) is 6.42. The van der Waals surface area contributed by atoms with E-state index in [0.29, 0.717) is 23.7 Å². The third-order valence-electron chi connectivity index (χ3n) is 4.93. The number of halogens is 1. The van der Waals surface area contributed by atoms with Gasteiger partial charge in [-0.3, -0.25) is 4.79 Å². The highest BCUT2D eigenvalue weighted by Crippen LogP contribution is 2.25. The van der Waals surface area contributed by atoms with Crippen molar-refractivity contribution in [2.24, 2.45) is 0 Å². The summed E-state index contributed by atoms with van der Waals surface area (Å²) >= 11 is 0. The van der Waals surface area contributed by atoms with Crippen molar-refractivity contribution in [1.29, 1.82) is 0 Å². The van der Waals surface area contributed by atoms with E-state index in [9.17, 15) is 9.18 Å². The molecule has 7 heteroatoms. The molecule has 32 heavy (non-hydrogen) atoms. The summed E-state index contributed by atoms with van der Waals surface area (Å²) in [5, 5.41) is 7.31. The number of aromatic nitrogens is 3. The molecule has 162 valence electrons. The SMILES string of the molecule is CCOc1ccc(NC(=O)c2nc(-c3ccc(F)cc3)n(-c3cc(C)ccc3C)n2)cc1. The molecule has 1 amide bonds. The first-order chi connectivity index (χ1) is 15.4. The zero-order valence-corrected chi connectivity index (χ0v) is 18.1. The van der Waals surface area contributed by atoms with Crippen LogP contribution in [0, 0.1) is 19.7 Å². The van der Waals surface area contributed by atoms with E-state index in [1.165, 1.54) is 12.1 Å². The Morgan fingerprint density at radius 2 is 1.75 bits per heavy atom. The van der Waals surface area contributed by atoms with Gasteiger partial charge in [-0.2, -0.15) is 0 Å². The molecule has 0 saturated heterocycles. The fraction of sp³-hybridized carbons (Fsp3) is 0.160. The molecule has 0 bridgehead atoms. The van der Waals surface area contributed by atoms with Crippen molar-refractivity contribution in [2.75, 3.05) is 11.9 Å². The molecule has 0 aliphatic heterocycles. The van der Waals surface area contributed by atoms with Crippen LogP contribution < -0.4 is 10.1 Å². The number of hydrogen-bond donors (Lipinski definition) is 1. The van der Waals surface area contributed by atoms with Gasteiger partial charge in [-0.15, -0.1) is 5.10 Å². The van der Waals surface area contributed by atoms with Crippen LogP contribution in [0.5, 0.6) is 5.75 Å². The van der Waals surface area contributed by atoms with Crippen molar-refractivity contribution in [3.63, 3.8) is 0 Å². The average Bonchev–Trinajstić information content (AvgIpc) is 3.23. The minimum absolute atomic E-state index is 0.0131. The number of ether oxygens (including phenoxy) is 1. The van der Waals surface area contributed by atoms with Gasteiger partial charge in [-0.05, 0) is 86.5 Å². The number of anilines is 1. The van der Waals surface area contributed by atoms with Gasteiger partial charge in [0, 0.05) is 11.3 Å². The first kappa shape index (κ1) is 21.2. The van der Waals surface area contributed by atoms with Crippen molar-refractivity contribution in [3.8, 4) is 22.8 Å². The Morgan fingerprint density at radius 1 is 1.03 bits per heavy atom. The summed E-state index contributed by atoms with van der Waals surface area (Å²) in [5.41, 5.74) is 4.08. The molecule has 0 fully saturated rings. The summed E-state index contributed by atoms with van der Waals surface area (Å²) in [7, 11) is 0. The van der Waals surface area contributed by atoms with Crippen LogP contribution in [0.1, 0.15) is 28.7 Å². The van der Waals surface area contributed by atoms with Gasteiger partial charge in [-0.25, -0.2) is 14.1 Å². The molecule has 0 aliphatic rings. The van der Waals surface area contributed by atoms with Gasteiger partial charge in [0.25, 0.3) is 5.91 Å². The second kappa shape index (κ2) is 9.01. The maximum Gasteiger partial charge on any atom is 0.295 e. The van der Waals surface area contributed by atoms with Crippen LogP contribution in [0.15, 0.2) is 66.7 Å². The lowest BCUT2D eigenvalue weighted by Crippen LogP contribution is -2.14. The smallest absolute Gasteiger partial charge is 0.295 e. The zero-order chi connectivity index (χ0) is 22.7. The van der Waals surface area contributed by atoms with Crippen molar-refractivity contribution in [3.05, 3.63) is 89.5 Å². The van der Waals surface area contributed by atoms with Gasteiger partial charge in [0.1, 0.15) is 11.6 Å². The fourth-order valence-electron chi connectivity index (χ4n) is 3.30. The summed E-state index contributed by atoms with van der Waals surface area (Å²) in [6.07, 6.45) is 0. The highest BCUT2D eigenvalue weighted by Gasteiger charge is 2.20. The topological polar surface area (TPSA) is 69.0 Å². The number of nitrogens with zero attached hydrogens (tertiary/aromatic N) is 3. The van der Waals surface area contributed by atoms with Gasteiger partial charge in [-0.1, -0.05) is 12.1 Å². The minimum atomic E-state index is -0.443. The Balaban J connectivity index is 1.72. The molecule has 0 aliphatic carbocycles. The van der Waals surface area contributed by atoms with Crippen LogP contribution >= 0.6 is 0 Å². The van der Waals surface area contributed by atoms with Crippen molar-refractivity contribution < 1.29 is 13.9 Å². The third kappa shape index (κ3) is 4.51. The standard InChI is InChI=1S/C25H23FN4O2/c1-4-32-21-13-11-20(12-14-21)27-25(31)23-28-24(18-7-9-19(26)10-8-18)30(29-23)22-15-16(2)5-6-17(22)3/h5-15H,4H2,1-3H3,(H,27,31). The molecule has 4 rings (SSSR count). The molecule has 3 aromatic carbocycles. The Bertz CT molecular complexity index is 1250. The van der Waals surface area contributed by atoms with E-state index in [4.69, 9.17) is 4.74 Å². The van der Waals surface area contributed by atoms with E-state index in [-0.39, 0.29) is 11.6 Å². The summed E-state index contributed by atoms with van der Waals surface area (Å²) in [6, 6.07) is 19.0. The molecule has 6 nitrogen and oxygen atoms in total. The molecule has 4 aromatic rings. The van der Waals surface area contributed by atoms with Gasteiger partial charge in [0.15, 0.2) is 5.82 Å². The number of nitrogens with one attached hydrogen (secondary N) is 1.